The van der Waals surface area contributed by atoms with E-state index in [4.69, 9.17) is 10.7 Å². The Morgan fingerprint density at radius 2 is 1.48 bits per heavy atom. The van der Waals surface area contributed by atoms with E-state index in [0.29, 0.717) is 11.4 Å². The molecule has 0 bridgehead atoms. The van der Waals surface area contributed by atoms with Crippen LogP contribution in [0.2, 0.25) is 0 Å². The molecule has 0 saturated carbocycles. The molecule has 0 aliphatic carbocycles. The average molecular weight is 349 g/mol. The van der Waals surface area contributed by atoms with Crippen LogP contribution in [0.4, 0.5) is 0 Å². The smallest absolute Gasteiger partial charge is 0.151 e. The van der Waals surface area contributed by atoms with Crippen molar-refractivity contribution in [3.8, 4) is 6.07 Å². The van der Waals surface area contributed by atoms with Crippen LogP contribution in [0.3, 0.4) is 0 Å². The number of hydrogen-bond donors (Lipinski definition) is 1. The van der Waals surface area contributed by atoms with Gasteiger partial charge in [-0.15, -0.1) is 12.4 Å². The van der Waals surface area contributed by atoms with Gasteiger partial charge in [0.2, 0.25) is 0 Å². The highest BCUT2D eigenvalue weighted by molar-refractivity contribution is 5.99. The predicted octanol–water partition coefficient (Wildman–Crippen LogP) is 3.87. The minimum atomic E-state index is -0.237. The number of halogens is 1. The third-order valence-electron chi connectivity index (χ3n) is 3.69. The molecule has 1 heterocycles. The van der Waals surface area contributed by atoms with E-state index >= 15 is 0 Å². The predicted molar refractivity (Wildman–Crippen MR) is 102 cm³/mol. The van der Waals surface area contributed by atoms with Crippen LogP contribution in [0.15, 0.2) is 84.0 Å². The van der Waals surface area contributed by atoms with Gasteiger partial charge in [-0.2, -0.15) is 5.26 Å². The lowest BCUT2D eigenvalue weighted by atomic mass is 9.99. The molecular weight excluding hydrogens is 332 g/mol. The quantitative estimate of drug-likeness (QED) is 0.574. The van der Waals surface area contributed by atoms with E-state index in [1.54, 1.807) is 18.3 Å². The molecule has 0 fully saturated rings. The normalized spacial score (nSPS) is 10.8. The van der Waals surface area contributed by atoms with Gasteiger partial charge in [-0.3, -0.25) is 4.99 Å². The second kappa shape index (κ2) is 8.62. The van der Waals surface area contributed by atoms with Crippen molar-refractivity contribution in [2.24, 2.45) is 10.7 Å². The van der Waals surface area contributed by atoms with E-state index in [1.807, 2.05) is 60.7 Å². The van der Waals surface area contributed by atoms with Crippen LogP contribution < -0.4 is 5.73 Å². The summed E-state index contributed by atoms with van der Waals surface area (Å²) in [6.45, 7) is 0. The Kier molecular flexibility index (Phi) is 6.27. The van der Waals surface area contributed by atoms with E-state index in [-0.39, 0.29) is 24.1 Å². The fourth-order valence-corrected chi connectivity index (χ4v) is 2.52. The number of aromatic nitrogens is 1. The summed E-state index contributed by atoms with van der Waals surface area (Å²) in [5.74, 6) is 0.303. The van der Waals surface area contributed by atoms with E-state index in [1.165, 1.54) is 0 Å². The summed E-state index contributed by atoms with van der Waals surface area (Å²) < 4.78 is 0. The molecule has 124 valence electrons. The molecule has 0 saturated heterocycles. The number of benzene rings is 2. The molecule has 2 aromatic carbocycles. The second-order valence-corrected chi connectivity index (χ2v) is 5.25. The summed E-state index contributed by atoms with van der Waals surface area (Å²) in [6, 6.07) is 25.2. The highest BCUT2D eigenvalue weighted by atomic mass is 35.5. The second-order valence-electron chi connectivity index (χ2n) is 5.25. The van der Waals surface area contributed by atoms with Crippen LogP contribution in [0.25, 0.3) is 0 Å². The molecule has 2 N–H and O–H groups in total. The molecule has 3 aromatic rings. The van der Waals surface area contributed by atoms with Gasteiger partial charge in [-0.25, -0.2) is 4.98 Å². The largest absolute Gasteiger partial charge is 0.383 e. The first-order chi connectivity index (χ1) is 11.8. The van der Waals surface area contributed by atoms with Crippen LogP contribution >= 0.6 is 12.4 Å². The van der Waals surface area contributed by atoms with Gasteiger partial charge in [0.05, 0.1) is 5.56 Å². The monoisotopic (exact) mass is 348 g/mol. The Balaban J connectivity index is 0.00000225. The fourth-order valence-electron chi connectivity index (χ4n) is 2.52. The summed E-state index contributed by atoms with van der Waals surface area (Å²) >= 11 is 0. The van der Waals surface area contributed by atoms with E-state index in [2.05, 4.69) is 11.1 Å². The third kappa shape index (κ3) is 4.23. The Morgan fingerprint density at radius 1 is 0.920 bits per heavy atom. The average Bonchev–Trinajstić information content (AvgIpc) is 2.67. The van der Waals surface area contributed by atoms with Gasteiger partial charge in [0, 0.05) is 6.20 Å². The minimum absolute atomic E-state index is 0. The SMILES string of the molecule is Cl.N#Cc1ncccc1C(N)=NC(c1ccccc1)c1ccccc1. The van der Waals surface area contributed by atoms with Crippen molar-refractivity contribution in [1.29, 1.82) is 5.26 Å². The Bertz CT molecular complexity index is 847. The number of nitriles is 1. The first-order valence-electron chi connectivity index (χ1n) is 7.58. The number of nitrogens with two attached hydrogens (primary N) is 1. The molecule has 0 aliphatic heterocycles. The van der Waals surface area contributed by atoms with Gasteiger partial charge in [0.1, 0.15) is 17.9 Å². The molecule has 0 atom stereocenters. The molecule has 0 aliphatic rings. The Hall–Kier alpha value is -3.16. The van der Waals surface area contributed by atoms with Crippen LogP contribution in [-0.2, 0) is 0 Å². The Labute approximate surface area is 153 Å². The summed E-state index contributed by atoms with van der Waals surface area (Å²) in [4.78, 5) is 8.75. The lowest BCUT2D eigenvalue weighted by molar-refractivity contribution is 0.870. The molecule has 0 amide bonds. The molecule has 1 aromatic heterocycles. The van der Waals surface area contributed by atoms with E-state index in [0.717, 1.165) is 11.1 Å². The van der Waals surface area contributed by atoms with Gasteiger partial charge in [-0.1, -0.05) is 60.7 Å². The van der Waals surface area contributed by atoms with E-state index < -0.39 is 0 Å². The van der Waals surface area contributed by atoms with Crippen LogP contribution in [0.1, 0.15) is 28.4 Å². The molecule has 4 nitrogen and oxygen atoms in total. The highest BCUT2D eigenvalue weighted by Crippen LogP contribution is 2.26. The highest BCUT2D eigenvalue weighted by Gasteiger charge is 2.15. The van der Waals surface area contributed by atoms with Crippen molar-refractivity contribution in [1.82, 2.24) is 4.98 Å². The van der Waals surface area contributed by atoms with Crippen molar-refractivity contribution in [3.05, 3.63) is 101 Å². The molecular formula is C20H17ClN4. The van der Waals surface area contributed by atoms with Crippen LogP contribution in [-0.4, -0.2) is 10.8 Å². The topological polar surface area (TPSA) is 75.1 Å². The zero-order valence-electron chi connectivity index (χ0n) is 13.4. The maximum atomic E-state index is 9.21. The first kappa shape index (κ1) is 18.2. The van der Waals surface area contributed by atoms with Crippen molar-refractivity contribution in [3.63, 3.8) is 0 Å². The molecule has 0 unspecified atom stereocenters. The van der Waals surface area contributed by atoms with E-state index in [9.17, 15) is 5.26 Å². The molecule has 25 heavy (non-hydrogen) atoms. The maximum absolute atomic E-state index is 9.21. The number of amidine groups is 1. The lowest BCUT2D eigenvalue weighted by Crippen LogP contribution is -2.17. The summed E-state index contributed by atoms with van der Waals surface area (Å²) in [5, 5.41) is 9.21. The summed E-state index contributed by atoms with van der Waals surface area (Å²) in [7, 11) is 0. The molecule has 0 radical (unpaired) electrons. The maximum Gasteiger partial charge on any atom is 0.151 e. The van der Waals surface area contributed by atoms with Crippen molar-refractivity contribution in [2.75, 3.05) is 0 Å². The van der Waals surface area contributed by atoms with Gasteiger partial charge in [-0.05, 0) is 23.3 Å². The zero-order valence-corrected chi connectivity index (χ0v) is 14.2. The first-order valence-corrected chi connectivity index (χ1v) is 7.58. The summed E-state index contributed by atoms with van der Waals surface area (Å²) in [5.41, 5.74) is 9.11. The van der Waals surface area contributed by atoms with Crippen molar-refractivity contribution in [2.45, 2.75) is 6.04 Å². The number of nitrogens with zero attached hydrogens (tertiary/aromatic N) is 3. The summed E-state index contributed by atoms with van der Waals surface area (Å²) in [6.07, 6.45) is 1.57. The molecule has 0 spiro atoms. The zero-order chi connectivity index (χ0) is 16.8. The number of pyridine rings is 1. The van der Waals surface area contributed by atoms with Crippen LogP contribution in [0.5, 0.6) is 0 Å². The minimum Gasteiger partial charge on any atom is -0.383 e. The Morgan fingerprint density at radius 3 is 2.00 bits per heavy atom. The van der Waals surface area contributed by atoms with Crippen LogP contribution in [0, 0.1) is 11.3 Å². The van der Waals surface area contributed by atoms with Gasteiger partial charge in [0.25, 0.3) is 0 Å². The van der Waals surface area contributed by atoms with Gasteiger partial charge < -0.3 is 5.73 Å². The number of aliphatic imine (C=N–C) groups is 1. The van der Waals surface area contributed by atoms with Gasteiger partial charge >= 0.3 is 0 Å². The molecule has 3 rings (SSSR count). The lowest BCUT2D eigenvalue weighted by Gasteiger charge is -2.15. The van der Waals surface area contributed by atoms with Gasteiger partial charge in [0.15, 0.2) is 5.69 Å². The third-order valence-corrected chi connectivity index (χ3v) is 3.69. The van der Waals surface area contributed by atoms with Crippen molar-refractivity contribution >= 4 is 18.2 Å². The fraction of sp³-hybridized carbons (Fsp3) is 0.0500. The number of rotatable bonds is 4. The number of hydrogen-bond acceptors (Lipinski definition) is 3. The molecule has 5 heteroatoms. The standard InChI is InChI=1S/C20H16N4.ClH/c21-14-18-17(12-7-13-23-18)20(22)24-19(15-8-3-1-4-9-15)16-10-5-2-6-11-16;/h1-13,19H,(H2,22,24);1H. The van der Waals surface area contributed by atoms with Crippen molar-refractivity contribution < 1.29 is 0 Å².